The van der Waals surface area contributed by atoms with Crippen molar-refractivity contribution in [1.29, 1.82) is 0 Å². The van der Waals surface area contributed by atoms with Crippen molar-refractivity contribution in [2.45, 2.75) is 25.0 Å². The summed E-state index contributed by atoms with van der Waals surface area (Å²) in [6.07, 6.45) is 0.627. The number of likely N-dealkylation sites (tertiary alicyclic amines) is 1. The fraction of sp³-hybridized carbons (Fsp3) is 0.316. The number of carboxylic acids is 1. The Morgan fingerprint density at radius 1 is 1.04 bits per heavy atom. The molecule has 1 fully saturated rings. The first-order valence-electron chi connectivity index (χ1n) is 7.97. The van der Waals surface area contributed by atoms with Crippen molar-refractivity contribution < 1.29 is 9.90 Å². The summed E-state index contributed by atoms with van der Waals surface area (Å²) in [7, 11) is 0. The molecule has 0 aromatic heterocycles. The van der Waals surface area contributed by atoms with Crippen LogP contribution in [0.25, 0.3) is 0 Å². The normalized spacial score (nSPS) is 21.4. The zero-order valence-electron chi connectivity index (χ0n) is 13.1. The summed E-state index contributed by atoms with van der Waals surface area (Å²) in [5.41, 5.74) is 1.47. The summed E-state index contributed by atoms with van der Waals surface area (Å²) in [6.45, 7) is 2.70. The van der Waals surface area contributed by atoms with Crippen LogP contribution in [0.3, 0.4) is 0 Å². The molecule has 4 nitrogen and oxygen atoms in total. The second kappa shape index (κ2) is 6.94. The zero-order chi connectivity index (χ0) is 16.1. The van der Waals surface area contributed by atoms with E-state index in [4.69, 9.17) is 0 Å². The Hall–Kier alpha value is -2.17. The average molecular weight is 310 g/mol. The Morgan fingerprint density at radius 3 is 2.26 bits per heavy atom. The van der Waals surface area contributed by atoms with Gasteiger partial charge in [0.05, 0.1) is 0 Å². The topological polar surface area (TPSA) is 52.6 Å². The van der Waals surface area contributed by atoms with Gasteiger partial charge in [0.2, 0.25) is 0 Å². The molecule has 1 aliphatic heterocycles. The molecule has 2 aromatic carbocycles. The third kappa shape index (κ3) is 3.78. The van der Waals surface area contributed by atoms with Gasteiger partial charge in [-0.15, -0.1) is 0 Å². The van der Waals surface area contributed by atoms with Gasteiger partial charge in [0, 0.05) is 26.2 Å². The quantitative estimate of drug-likeness (QED) is 0.861. The second-order valence-electron chi connectivity index (χ2n) is 6.17. The van der Waals surface area contributed by atoms with E-state index in [1.807, 2.05) is 48.5 Å². The minimum atomic E-state index is -0.857. The van der Waals surface area contributed by atoms with Crippen LogP contribution in [0.15, 0.2) is 60.7 Å². The minimum absolute atomic E-state index is 0.532. The zero-order valence-corrected chi connectivity index (χ0v) is 13.1. The van der Waals surface area contributed by atoms with Crippen molar-refractivity contribution in [3.8, 4) is 0 Å². The molecule has 0 radical (unpaired) electrons. The molecule has 1 aliphatic rings. The molecule has 0 spiro atoms. The molecule has 0 amide bonds. The van der Waals surface area contributed by atoms with Gasteiger partial charge in [-0.05, 0) is 17.5 Å². The van der Waals surface area contributed by atoms with Crippen LogP contribution in [-0.2, 0) is 17.9 Å². The molecular weight excluding hydrogens is 288 g/mol. The summed E-state index contributed by atoms with van der Waals surface area (Å²) < 4.78 is 0. The van der Waals surface area contributed by atoms with Crippen LogP contribution in [-0.4, -0.2) is 34.6 Å². The first-order chi connectivity index (χ1) is 11.2. The van der Waals surface area contributed by atoms with E-state index in [0.717, 1.165) is 18.7 Å². The van der Waals surface area contributed by atoms with E-state index in [1.165, 1.54) is 5.56 Å². The molecule has 0 aliphatic carbocycles. The number of carbonyl (C=O) groups is 1. The summed E-state index contributed by atoms with van der Waals surface area (Å²) in [4.78, 5) is 14.1. The van der Waals surface area contributed by atoms with Crippen molar-refractivity contribution in [1.82, 2.24) is 10.2 Å². The Balaban J connectivity index is 1.64. The maximum absolute atomic E-state index is 11.9. The Labute approximate surface area is 136 Å². The number of hydrogen-bond donors (Lipinski definition) is 2. The predicted molar refractivity (Wildman–Crippen MR) is 90.0 cm³/mol. The van der Waals surface area contributed by atoms with Crippen LogP contribution >= 0.6 is 0 Å². The van der Waals surface area contributed by atoms with Gasteiger partial charge in [0.15, 0.2) is 0 Å². The number of hydrogen-bond acceptors (Lipinski definition) is 3. The highest BCUT2D eigenvalue weighted by Crippen LogP contribution is 2.24. The summed E-state index contributed by atoms with van der Waals surface area (Å²) in [6, 6.07) is 20.1. The molecule has 1 unspecified atom stereocenters. The smallest absolute Gasteiger partial charge is 0.325 e. The van der Waals surface area contributed by atoms with Crippen LogP contribution in [0, 0.1) is 0 Å². The maximum atomic E-state index is 11.9. The molecule has 1 heterocycles. The van der Waals surface area contributed by atoms with Crippen molar-refractivity contribution in [2.24, 2.45) is 0 Å². The van der Waals surface area contributed by atoms with Crippen LogP contribution in [0.1, 0.15) is 17.5 Å². The highest BCUT2D eigenvalue weighted by molar-refractivity contribution is 5.79. The van der Waals surface area contributed by atoms with Gasteiger partial charge in [0.1, 0.15) is 5.54 Å². The minimum Gasteiger partial charge on any atom is -0.480 e. The molecular formula is C19H22N2O2. The van der Waals surface area contributed by atoms with E-state index in [2.05, 4.69) is 22.3 Å². The molecule has 120 valence electrons. The first-order valence-corrected chi connectivity index (χ1v) is 7.97. The highest BCUT2D eigenvalue weighted by Gasteiger charge is 2.44. The lowest BCUT2D eigenvalue weighted by Crippen LogP contribution is -2.53. The van der Waals surface area contributed by atoms with Gasteiger partial charge in [-0.25, -0.2) is 0 Å². The van der Waals surface area contributed by atoms with Crippen molar-refractivity contribution in [3.63, 3.8) is 0 Å². The molecule has 2 aromatic rings. The third-order valence-electron chi connectivity index (χ3n) is 4.48. The molecule has 1 saturated heterocycles. The van der Waals surface area contributed by atoms with Gasteiger partial charge >= 0.3 is 5.97 Å². The van der Waals surface area contributed by atoms with E-state index >= 15 is 0 Å². The van der Waals surface area contributed by atoms with Crippen molar-refractivity contribution >= 4 is 5.97 Å². The lowest BCUT2D eigenvalue weighted by atomic mass is 9.98. The predicted octanol–water partition coefficient (Wildman–Crippen LogP) is 2.51. The largest absolute Gasteiger partial charge is 0.480 e. The van der Waals surface area contributed by atoms with E-state index in [-0.39, 0.29) is 0 Å². The number of rotatable bonds is 6. The lowest BCUT2D eigenvalue weighted by molar-refractivity contribution is -0.144. The highest BCUT2D eigenvalue weighted by atomic mass is 16.4. The van der Waals surface area contributed by atoms with E-state index < -0.39 is 11.5 Å². The van der Waals surface area contributed by atoms with E-state index in [1.54, 1.807) is 0 Å². The van der Waals surface area contributed by atoms with Gasteiger partial charge in [-0.2, -0.15) is 0 Å². The third-order valence-corrected chi connectivity index (χ3v) is 4.48. The van der Waals surface area contributed by atoms with Crippen LogP contribution in [0.5, 0.6) is 0 Å². The summed E-state index contributed by atoms with van der Waals surface area (Å²) >= 11 is 0. The van der Waals surface area contributed by atoms with Crippen LogP contribution in [0.4, 0.5) is 0 Å². The summed E-state index contributed by atoms with van der Waals surface area (Å²) in [5, 5.41) is 13.0. The Kier molecular flexibility index (Phi) is 4.74. The van der Waals surface area contributed by atoms with Gasteiger partial charge in [-0.3, -0.25) is 15.0 Å². The maximum Gasteiger partial charge on any atom is 0.325 e. The van der Waals surface area contributed by atoms with Crippen LogP contribution in [0.2, 0.25) is 0 Å². The monoisotopic (exact) mass is 310 g/mol. The number of aliphatic carboxylic acids is 1. The first kappa shape index (κ1) is 15.7. The molecule has 23 heavy (non-hydrogen) atoms. The van der Waals surface area contributed by atoms with Gasteiger partial charge < -0.3 is 5.11 Å². The number of nitrogens with one attached hydrogen (secondary N) is 1. The molecule has 2 N–H and O–H groups in total. The number of carboxylic acid groups (broad SMARTS) is 1. The van der Waals surface area contributed by atoms with E-state index in [9.17, 15) is 9.90 Å². The standard InChI is InChI=1S/C19H22N2O2/c22-18(23)19(20-13-16-7-3-1-4-8-16)11-12-21(15-19)14-17-9-5-2-6-10-17/h1-10,20H,11-15H2,(H,22,23). The molecule has 4 heteroatoms. The van der Waals surface area contributed by atoms with Gasteiger partial charge in [0.25, 0.3) is 0 Å². The molecule has 1 atom stereocenters. The number of nitrogens with zero attached hydrogens (tertiary/aromatic N) is 1. The Bertz CT molecular complexity index is 645. The lowest BCUT2D eigenvalue weighted by Gasteiger charge is -2.26. The van der Waals surface area contributed by atoms with Crippen molar-refractivity contribution in [3.05, 3.63) is 71.8 Å². The second-order valence-corrected chi connectivity index (χ2v) is 6.17. The SMILES string of the molecule is O=C(O)C1(NCc2ccccc2)CCN(Cc2ccccc2)C1. The fourth-order valence-corrected chi connectivity index (χ4v) is 3.13. The van der Waals surface area contributed by atoms with Crippen LogP contribution < -0.4 is 5.32 Å². The molecule has 0 bridgehead atoms. The molecule has 3 rings (SSSR count). The van der Waals surface area contributed by atoms with E-state index in [0.29, 0.717) is 19.5 Å². The summed E-state index contributed by atoms with van der Waals surface area (Å²) in [5.74, 6) is -0.760. The fourth-order valence-electron chi connectivity index (χ4n) is 3.13. The number of benzene rings is 2. The van der Waals surface area contributed by atoms with Crippen molar-refractivity contribution in [2.75, 3.05) is 13.1 Å². The molecule has 0 saturated carbocycles. The Morgan fingerprint density at radius 2 is 1.65 bits per heavy atom. The van der Waals surface area contributed by atoms with Gasteiger partial charge in [-0.1, -0.05) is 60.7 Å². The average Bonchev–Trinajstić information content (AvgIpc) is 2.99.